The highest BCUT2D eigenvalue weighted by Gasteiger charge is 2.35. The number of amides is 2. The fourth-order valence-corrected chi connectivity index (χ4v) is 3.67. The Kier molecular flexibility index (Phi) is 5.15. The molecule has 1 N–H and O–H groups in total. The molecule has 0 radical (unpaired) electrons. The second kappa shape index (κ2) is 7.78. The van der Waals surface area contributed by atoms with Crippen LogP contribution in [0.2, 0.25) is 0 Å². The number of carbonyl (C=O) groups is 2. The molecule has 1 aliphatic heterocycles. The summed E-state index contributed by atoms with van der Waals surface area (Å²) in [5, 5.41) is 7.47. The number of anilines is 1. The van der Waals surface area contributed by atoms with Crippen LogP contribution in [0, 0.1) is 6.92 Å². The number of rotatable bonds is 5. The van der Waals surface area contributed by atoms with Gasteiger partial charge in [-0.1, -0.05) is 0 Å². The van der Waals surface area contributed by atoms with Crippen LogP contribution in [0.3, 0.4) is 0 Å². The van der Waals surface area contributed by atoms with Gasteiger partial charge >= 0.3 is 0 Å². The fourth-order valence-electron chi connectivity index (χ4n) is 3.67. The lowest BCUT2D eigenvalue weighted by atomic mass is 9.98. The Balaban J connectivity index is 1.61. The van der Waals surface area contributed by atoms with Crippen LogP contribution in [0.25, 0.3) is 0 Å². The minimum Gasteiger partial charge on any atom is -0.465 e. The molecule has 0 fully saturated rings. The van der Waals surface area contributed by atoms with Crippen molar-refractivity contribution < 1.29 is 14.0 Å². The van der Waals surface area contributed by atoms with Crippen LogP contribution in [-0.2, 0) is 11.3 Å². The smallest absolute Gasteiger partial charge is 0.251 e. The van der Waals surface area contributed by atoms with Gasteiger partial charge in [0.2, 0.25) is 5.91 Å². The maximum absolute atomic E-state index is 12.7. The Labute approximate surface area is 174 Å². The number of hydrogen-bond donors (Lipinski definition) is 1. The van der Waals surface area contributed by atoms with E-state index in [0.29, 0.717) is 30.2 Å². The van der Waals surface area contributed by atoms with E-state index in [1.807, 2.05) is 45.0 Å². The molecule has 3 heterocycles. The molecule has 0 saturated carbocycles. The number of aryl methyl sites for hydroxylation is 1. The lowest BCUT2D eigenvalue weighted by Crippen LogP contribution is -2.27. The van der Waals surface area contributed by atoms with E-state index in [1.165, 1.54) is 6.92 Å². The van der Waals surface area contributed by atoms with Gasteiger partial charge in [0.25, 0.3) is 5.91 Å². The van der Waals surface area contributed by atoms with E-state index < -0.39 is 0 Å². The molecule has 8 nitrogen and oxygen atoms in total. The van der Waals surface area contributed by atoms with Crippen molar-refractivity contribution in [2.24, 2.45) is 0 Å². The zero-order valence-corrected chi connectivity index (χ0v) is 17.5. The molecule has 1 aromatic carbocycles. The predicted molar refractivity (Wildman–Crippen MR) is 111 cm³/mol. The summed E-state index contributed by atoms with van der Waals surface area (Å²) in [5.41, 5.74) is 2.20. The van der Waals surface area contributed by atoms with E-state index >= 15 is 0 Å². The first-order chi connectivity index (χ1) is 14.3. The number of fused-ring (bicyclic) bond motifs is 1. The summed E-state index contributed by atoms with van der Waals surface area (Å²) in [6.45, 7) is 8.24. The van der Waals surface area contributed by atoms with E-state index in [2.05, 4.69) is 15.4 Å². The summed E-state index contributed by atoms with van der Waals surface area (Å²) in [6, 6.07) is 9.29. The molecule has 1 atom stereocenters. The molecule has 0 spiro atoms. The number of hydrogen-bond acceptors (Lipinski definition) is 5. The fraction of sp³-hybridized carbons (Fsp3) is 0.364. The van der Waals surface area contributed by atoms with Crippen molar-refractivity contribution in [2.45, 2.75) is 46.2 Å². The Morgan fingerprint density at radius 2 is 2.07 bits per heavy atom. The molecule has 8 heteroatoms. The van der Waals surface area contributed by atoms with Crippen LogP contribution >= 0.6 is 0 Å². The Morgan fingerprint density at radius 1 is 1.27 bits per heavy atom. The number of aromatic nitrogens is 3. The molecule has 156 valence electrons. The first-order valence-electron chi connectivity index (χ1n) is 10.00. The largest absolute Gasteiger partial charge is 0.465 e. The van der Waals surface area contributed by atoms with Crippen molar-refractivity contribution in [3.05, 3.63) is 65.1 Å². The zero-order chi connectivity index (χ0) is 21.4. The number of nitrogens with one attached hydrogen (secondary N) is 1. The van der Waals surface area contributed by atoms with Gasteiger partial charge in [0, 0.05) is 30.8 Å². The summed E-state index contributed by atoms with van der Waals surface area (Å²) in [7, 11) is 0. The first kappa shape index (κ1) is 19.9. The Bertz CT molecular complexity index is 1100. The van der Waals surface area contributed by atoms with Crippen molar-refractivity contribution in [1.29, 1.82) is 0 Å². The van der Waals surface area contributed by atoms with Crippen LogP contribution < -0.4 is 10.2 Å². The molecule has 3 aromatic rings. The molecule has 0 bridgehead atoms. The lowest BCUT2D eigenvalue weighted by Gasteiger charge is -2.14. The van der Waals surface area contributed by atoms with Crippen molar-refractivity contribution in [1.82, 2.24) is 20.1 Å². The highest BCUT2D eigenvalue weighted by Crippen LogP contribution is 2.39. The zero-order valence-electron chi connectivity index (χ0n) is 17.5. The van der Waals surface area contributed by atoms with Crippen molar-refractivity contribution in [3.8, 4) is 0 Å². The maximum atomic E-state index is 12.7. The van der Waals surface area contributed by atoms with Gasteiger partial charge in [-0.2, -0.15) is 5.10 Å². The van der Waals surface area contributed by atoms with Crippen molar-refractivity contribution in [2.75, 3.05) is 11.4 Å². The average Bonchev–Trinajstić information content (AvgIpc) is 3.43. The van der Waals surface area contributed by atoms with Gasteiger partial charge < -0.3 is 14.6 Å². The minimum absolute atomic E-state index is 0.0487. The predicted octanol–water partition coefficient (Wildman–Crippen LogP) is 3.19. The molecule has 4 rings (SSSR count). The van der Waals surface area contributed by atoms with E-state index in [0.717, 1.165) is 17.0 Å². The maximum Gasteiger partial charge on any atom is 0.251 e. The second-order valence-electron chi connectivity index (χ2n) is 7.83. The van der Waals surface area contributed by atoms with E-state index in [9.17, 15) is 9.59 Å². The van der Waals surface area contributed by atoms with Crippen LogP contribution in [0.5, 0.6) is 0 Å². The highest BCUT2D eigenvalue weighted by atomic mass is 16.3. The monoisotopic (exact) mass is 407 g/mol. The molecular weight excluding hydrogens is 382 g/mol. The van der Waals surface area contributed by atoms with Gasteiger partial charge in [-0.15, -0.1) is 0 Å². The average molecular weight is 407 g/mol. The van der Waals surface area contributed by atoms with E-state index in [1.54, 1.807) is 22.0 Å². The SMILES string of the molecule is CC(=O)N1CC(c2ncn(C(C)C)n2)c2cc(C(=O)NCc3ccc(C)o3)ccc21. The van der Waals surface area contributed by atoms with Crippen LogP contribution in [0.1, 0.15) is 66.0 Å². The van der Waals surface area contributed by atoms with Gasteiger partial charge in [-0.05, 0) is 56.7 Å². The summed E-state index contributed by atoms with van der Waals surface area (Å²) in [4.78, 5) is 31.1. The third-order valence-corrected chi connectivity index (χ3v) is 5.29. The molecule has 1 aliphatic rings. The summed E-state index contributed by atoms with van der Waals surface area (Å²) < 4.78 is 7.30. The minimum atomic E-state index is -0.201. The first-order valence-corrected chi connectivity index (χ1v) is 10.00. The molecule has 0 saturated heterocycles. The molecule has 0 aliphatic carbocycles. The summed E-state index contributed by atoms with van der Waals surface area (Å²) in [6.07, 6.45) is 1.71. The van der Waals surface area contributed by atoms with Gasteiger partial charge in [0.1, 0.15) is 17.8 Å². The highest BCUT2D eigenvalue weighted by molar-refractivity contribution is 5.98. The van der Waals surface area contributed by atoms with Crippen LogP contribution in [-0.4, -0.2) is 33.1 Å². The molecule has 1 unspecified atom stereocenters. The molecule has 30 heavy (non-hydrogen) atoms. The van der Waals surface area contributed by atoms with Crippen LogP contribution in [0.4, 0.5) is 5.69 Å². The molecule has 2 amide bonds. The Hall–Kier alpha value is -3.42. The summed E-state index contributed by atoms with van der Waals surface area (Å²) >= 11 is 0. The van der Waals surface area contributed by atoms with Crippen molar-refractivity contribution >= 4 is 17.5 Å². The standard InChI is InChI=1S/C22H25N5O3/c1-13(2)27-12-24-21(25-27)19-11-26(15(4)28)20-8-6-16(9-18(19)20)22(29)23-10-17-7-5-14(3)30-17/h5-9,12-13,19H,10-11H2,1-4H3,(H,23,29). The van der Waals surface area contributed by atoms with Crippen LogP contribution in [0.15, 0.2) is 41.1 Å². The van der Waals surface area contributed by atoms with Gasteiger partial charge in [-0.3, -0.25) is 14.3 Å². The third kappa shape index (κ3) is 3.72. The number of furan rings is 1. The van der Waals surface area contributed by atoms with E-state index in [-0.39, 0.29) is 23.8 Å². The molecule has 2 aromatic heterocycles. The number of carbonyl (C=O) groups excluding carboxylic acids is 2. The number of nitrogens with zero attached hydrogens (tertiary/aromatic N) is 4. The van der Waals surface area contributed by atoms with E-state index in [4.69, 9.17) is 4.42 Å². The molecular formula is C22H25N5O3. The summed E-state index contributed by atoms with van der Waals surface area (Å²) in [5.74, 6) is 1.73. The second-order valence-corrected chi connectivity index (χ2v) is 7.83. The quantitative estimate of drug-likeness (QED) is 0.701. The van der Waals surface area contributed by atoms with Gasteiger partial charge in [0.15, 0.2) is 5.82 Å². The van der Waals surface area contributed by atoms with Crippen molar-refractivity contribution in [3.63, 3.8) is 0 Å². The number of benzene rings is 1. The topological polar surface area (TPSA) is 93.3 Å². The Morgan fingerprint density at radius 3 is 2.70 bits per heavy atom. The normalized spacial score (nSPS) is 15.5. The lowest BCUT2D eigenvalue weighted by molar-refractivity contribution is -0.116. The van der Waals surface area contributed by atoms with Gasteiger partial charge in [-0.25, -0.2) is 4.98 Å². The third-order valence-electron chi connectivity index (χ3n) is 5.29. The van der Waals surface area contributed by atoms with Gasteiger partial charge in [0.05, 0.1) is 12.5 Å².